The number of sulfonamides is 1. The van der Waals surface area contributed by atoms with Crippen LogP contribution in [0, 0.1) is 17.7 Å². The first-order valence-corrected chi connectivity index (χ1v) is 14.5. The normalized spacial score (nSPS) is 15.0. The molecule has 0 N–H and O–H groups in total. The van der Waals surface area contributed by atoms with Crippen LogP contribution in [-0.2, 0) is 10.0 Å². The molecule has 2 heterocycles. The number of hydrogen-bond acceptors (Lipinski definition) is 6. The molecule has 1 amide bonds. The van der Waals surface area contributed by atoms with Crippen molar-refractivity contribution < 1.29 is 17.6 Å². The van der Waals surface area contributed by atoms with Crippen molar-refractivity contribution in [2.24, 2.45) is 11.8 Å². The molecule has 36 heavy (non-hydrogen) atoms. The van der Waals surface area contributed by atoms with E-state index in [2.05, 4.69) is 9.88 Å². The van der Waals surface area contributed by atoms with Crippen molar-refractivity contribution >= 4 is 42.6 Å². The van der Waals surface area contributed by atoms with E-state index >= 15 is 0 Å². The predicted octanol–water partition coefficient (Wildman–Crippen LogP) is 4.70. The third-order valence-corrected chi connectivity index (χ3v) is 8.98. The first-order valence-electron chi connectivity index (χ1n) is 12.2. The summed E-state index contributed by atoms with van der Waals surface area (Å²) in [5, 5.41) is 0.824. The van der Waals surface area contributed by atoms with Gasteiger partial charge in [0.25, 0.3) is 5.91 Å². The predicted molar refractivity (Wildman–Crippen MR) is 143 cm³/mol. The van der Waals surface area contributed by atoms with E-state index in [0.29, 0.717) is 44.8 Å². The number of anilines is 1. The molecule has 0 atom stereocenters. The van der Waals surface area contributed by atoms with Crippen molar-refractivity contribution in [2.75, 3.05) is 44.2 Å². The zero-order valence-corrected chi connectivity index (χ0v) is 22.8. The summed E-state index contributed by atoms with van der Waals surface area (Å²) in [4.78, 5) is 21.8. The molecule has 0 spiro atoms. The number of piperazine rings is 1. The summed E-state index contributed by atoms with van der Waals surface area (Å²) in [6.07, 6.45) is 0. The van der Waals surface area contributed by atoms with Crippen molar-refractivity contribution in [1.82, 2.24) is 14.2 Å². The van der Waals surface area contributed by atoms with E-state index in [9.17, 15) is 17.6 Å². The lowest BCUT2D eigenvalue weighted by Gasteiger charge is -2.34. The lowest BCUT2D eigenvalue weighted by atomic mass is 10.2. The number of fused-ring (bicyclic) bond motifs is 1. The Morgan fingerprint density at radius 2 is 1.61 bits per heavy atom. The average Bonchev–Trinajstić information content (AvgIpc) is 3.26. The van der Waals surface area contributed by atoms with Gasteiger partial charge in [0.1, 0.15) is 5.82 Å². The SMILES string of the molecule is CC(C)CN(CC(C)C)S(=O)(=O)c1ccc(C(=O)N2CCN(c3nc4ccc(F)cc4s3)CC2)cc1. The Kier molecular flexibility index (Phi) is 7.96. The standard InChI is InChI=1S/C26H33FN4O3S2/c1-18(2)16-31(17-19(3)4)36(33,34)22-8-5-20(6-9-22)25(32)29-11-13-30(14-12-29)26-28-23-10-7-21(27)15-24(23)35-26/h5-10,15,18-19H,11-14,16-17H2,1-4H3. The van der Waals surface area contributed by atoms with Gasteiger partial charge in [0.2, 0.25) is 10.0 Å². The minimum atomic E-state index is -3.64. The van der Waals surface area contributed by atoms with Gasteiger partial charge in [0.05, 0.1) is 15.1 Å². The first kappa shape index (κ1) is 26.5. The highest BCUT2D eigenvalue weighted by Crippen LogP contribution is 2.30. The third kappa shape index (κ3) is 5.87. The number of halogens is 1. The van der Waals surface area contributed by atoms with Gasteiger partial charge < -0.3 is 9.80 Å². The smallest absolute Gasteiger partial charge is 0.253 e. The molecule has 7 nitrogen and oxygen atoms in total. The first-order chi connectivity index (χ1) is 17.0. The van der Waals surface area contributed by atoms with Crippen molar-refractivity contribution in [3.8, 4) is 0 Å². The number of nitrogens with zero attached hydrogens (tertiary/aromatic N) is 4. The van der Waals surface area contributed by atoms with Gasteiger partial charge in [0.15, 0.2) is 5.13 Å². The summed E-state index contributed by atoms with van der Waals surface area (Å²) in [7, 11) is -3.64. The second kappa shape index (κ2) is 10.8. The summed E-state index contributed by atoms with van der Waals surface area (Å²) in [5.74, 6) is 0.0228. The number of carbonyl (C=O) groups excluding carboxylic acids is 1. The molecule has 194 valence electrons. The van der Waals surface area contributed by atoms with Gasteiger partial charge >= 0.3 is 0 Å². The molecule has 1 saturated heterocycles. The van der Waals surface area contributed by atoms with Crippen LogP contribution in [0.25, 0.3) is 10.2 Å². The molecule has 0 radical (unpaired) electrons. The van der Waals surface area contributed by atoms with E-state index < -0.39 is 10.0 Å². The van der Waals surface area contributed by atoms with Crippen LogP contribution in [0.5, 0.6) is 0 Å². The maximum absolute atomic E-state index is 13.5. The average molecular weight is 533 g/mol. The summed E-state index contributed by atoms with van der Waals surface area (Å²) < 4.78 is 42.3. The monoisotopic (exact) mass is 532 g/mol. The van der Waals surface area contributed by atoms with E-state index in [-0.39, 0.29) is 28.5 Å². The Labute approximate surface area is 216 Å². The van der Waals surface area contributed by atoms with Crippen LogP contribution in [0.2, 0.25) is 0 Å². The quantitative estimate of drug-likeness (QED) is 0.421. The Morgan fingerprint density at radius 3 is 2.19 bits per heavy atom. The molecular weight excluding hydrogens is 499 g/mol. The van der Waals surface area contributed by atoms with Crippen LogP contribution in [0.3, 0.4) is 0 Å². The van der Waals surface area contributed by atoms with Crippen LogP contribution in [-0.4, -0.2) is 67.8 Å². The van der Waals surface area contributed by atoms with Crippen molar-refractivity contribution in [3.05, 3.63) is 53.8 Å². The maximum Gasteiger partial charge on any atom is 0.253 e. The second-order valence-electron chi connectivity index (χ2n) is 10.0. The second-order valence-corrected chi connectivity index (χ2v) is 13.0. The van der Waals surface area contributed by atoms with Gasteiger partial charge in [-0.25, -0.2) is 17.8 Å². The Bertz CT molecular complexity index is 1300. The number of benzene rings is 2. The molecular formula is C26H33FN4O3S2. The largest absolute Gasteiger partial charge is 0.345 e. The minimum Gasteiger partial charge on any atom is -0.345 e. The Balaban J connectivity index is 1.41. The highest BCUT2D eigenvalue weighted by atomic mass is 32.2. The molecule has 1 aliphatic heterocycles. The van der Waals surface area contributed by atoms with E-state index in [0.717, 1.165) is 15.3 Å². The van der Waals surface area contributed by atoms with Gasteiger partial charge in [-0.3, -0.25) is 4.79 Å². The van der Waals surface area contributed by atoms with Gasteiger partial charge in [-0.15, -0.1) is 0 Å². The number of rotatable bonds is 8. The van der Waals surface area contributed by atoms with Gasteiger partial charge in [-0.1, -0.05) is 39.0 Å². The highest BCUT2D eigenvalue weighted by Gasteiger charge is 2.27. The molecule has 0 bridgehead atoms. The molecule has 4 rings (SSSR count). The lowest BCUT2D eigenvalue weighted by molar-refractivity contribution is 0.0746. The van der Waals surface area contributed by atoms with Gasteiger partial charge in [0, 0.05) is 44.8 Å². The Hall–Kier alpha value is -2.56. The molecule has 10 heteroatoms. The van der Waals surface area contributed by atoms with Crippen LogP contribution >= 0.6 is 11.3 Å². The third-order valence-electron chi connectivity index (χ3n) is 6.05. The number of hydrogen-bond donors (Lipinski definition) is 0. The topological polar surface area (TPSA) is 73.8 Å². The van der Waals surface area contributed by atoms with E-state index in [1.807, 2.05) is 27.7 Å². The van der Waals surface area contributed by atoms with Crippen molar-refractivity contribution in [3.63, 3.8) is 0 Å². The summed E-state index contributed by atoms with van der Waals surface area (Å²) in [6.45, 7) is 11.2. The van der Waals surface area contributed by atoms with Crippen molar-refractivity contribution in [2.45, 2.75) is 32.6 Å². The summed E-state index contributed by atoms with van der Waals surface area (Å²) >= 11 is 1.45. The van der Waals surface area contributed by atoms with Gasteiger partial charge in [-0.05, 0) is 54.3 Å². The summed E-state index contributed by atoms with van der Waals surface area (Å²) in [6, 6.07) is 10.9. The molecule has 1 aromatic heterocycles. The molecule has 1 fully saturated rings. The van der Waals surface area contributed by atoms with Crippen LogP contribution in [0.4, 0.5) is 9.52 Å². The molecule has 0 unspecified atom stereocenters. The molecule has 0 aliphatic carbocycles. The highest BCUT2D eigenvalue weighted by molar-refractivity contribution is 7.89. The zero-order chi connectivity index (χ0) is 26.0. The lowest BCUT2D eigenvalue weighted by Crippen LogP contribution is -2.48. The van der Waals surface area contributed by atoms with Gasteiger partial charge in [-0.2, -0.15) is 4.31 Å². The molecule has 2 aromatic carbocycles. The molecule has 1 aliphatic rings. The number of aromatic nitrogens is 1. The van der Waals surface area contributed by atoms with Crippen molar-refractivity contribution in [1.29, 1.82) is 0 Å². The molecule has 0 saturated carbocycles. The minimum absolute atomic E-state index is 0.119. The number of amides is 1. The summed E-state index contributed by atoms with van der Waals surface area (Å²) in [5.41, 5.74) is 1.24. The maximum atomic E-state index is 13.5. The van der Waals surface area contributed by atoms with E-state index in [1.54, 1.807) is 23.1 Å². The van der Waals surface area contributed by atoms with Crippen LogP contribution in [0.1, 0.15) is 38.1 Å². The van der Waals surface area contributed by atoms with E-state index in [1.165, 1.54) is 39.9 Å². The van der Waals surface area contributed by atoms with Crippen LogP contribution in [0.15, 0.2) is 47.4 Å². The fourth-order valence-corrected chi connectivity index (χ4v) is 7.12. The van der Waals surface area contributed by atoms with Crippen LogP contribution < -0.4 is 4.90 Å². The fraction of sp³-hybridized carbons (Fsp3) is 0.462. The number of thiazole rings is 1. The molecule has 3 aromatic rings. The van der Waals surface area contributed by atoms with E-state index in [4.69, 9.17) is 0 Å². The fourth-order valence-electron chi connectivity index (χ4n) is 4.31. The Morgan fingerprint density at radius 1 is 1.00 bits per heavy atom. The number of carbonyl (C=O) groups is 1. The zero-order valence-electron chi connectivity index (χ0n) is 21.1.